The van der Waals surface area contributed by atoms with Gasteiger partial charge in [-0.1, -0.05) is 6.92 Å². The number of ketones is 1. The number of Topliss-reactive ketones (excluding diaryl/α,β-unsaturated/α-hetero) is 1. The molecule has 0 aliphatic heterocycles. The topological polar surface area (TPSA) is 66.8 Å². The van der Waals surface area contributed by atoms with Gasteiger partial charge in [0.25, 0.3) is 0 Å². The van der Waals surface area contributed by atoms with Crippen LogP contribution >= 0.6 is 0 Å². The van der Waals surface area contributed by atoms with E-state index >= 15 is 0 Å². The maximum Gasteiger partial charge on any atom is 0.167 e. The third-order valence-electron chi connectivity index (χ3n) is 2.27. The Morgan fingerprint density at radius 3 is 2.47 bits per heavy atom. The zero-order chi connectivity index (χ0) is 11.6. The number of phenolic OH excluding ortho intramolecular Hbond substituents is 2. The molecule has 0 aliphatic rings. The zero-order valence-corrected chi connectivity index (χ0v) is 9.00. The highest BCUT2D eigenvalue weighted by Gasteiger charge is 2.19. The van der Waals surface area contributed by atoms with Crippen LogP contribution in [0.3, 0.4) is 0 Å². The minimum atomic E-state index is -0.293. The second kappa shape index (κ2) is 4.21. The summed E-state index contributed by atoms with van der Waals surface area (Å²) in [5.74, 6) is -0.354. The van der Waals surface area contributed by atoms with E-state index < -0.39 is 0 Å². The Bertz CT molecular complexity index is 396. The standard InChI is InChI=1S/C11H14O4/c1-4-7-8(13)5-9(15-3)10(6(2)12)11(7)14/h5,13-14H,4H2,1-3H3. The van der Waals surface area contributed by atoms with E-state index in [1.54, 1.807) is 6.92 Å². The third kappa shape index (κ3) is 1.88. The van der Waals surface area contributed by atoms with Crippen molar-refractivity contribution in [2.24, 2.45) is 0 Å². The molecule has 0 spiro atoms. The van der Waals surface area contributed by atoms with Crippen molar-refractivity contribution in [2.75, 3.05) is 7.11 Å². The summed E-state index contributed by atoms with van der Waals surface area (Å²) >= 11 is 0. The first-order valence-corrected chi connectivity index (χ1v) is 4.65. The van der Waals surface area contributed by atoms with Crippen LogP contribution < -0.4 is 4.74 Å². The van der Waals surface area contributed by atoms with Crippen molar-refractivity contribution in [3.05, 3.63) is 17.2 Å². The predicted octanol–water partition coefficient (Wildman–Crippen LogP) is 1.87. The maximum absolute atomic E-state index is 11.3. The van der Waals surface area contributed by atoms with Crippen LogP contribution in [0.1, 0.15) is 29.8 Å². The van der Waals surface area contributed by atoms with Gasteiger partial charge in [-0.2, -0.15) is 0 Å². The van der Waals surface area contributed by atoms with Gasteiger partial charge in [0.2, 0.25) is 0 Å². The van der Waals surface area contributed by atoms with Crippen LogP contribution in [0, 0.1) is 0 Å². The summed E-state index contributed by atoms with van der Waals surface area (Å²) in [5, 5.41) is 19.3. The maximum atomic E-state index is 11.3. The summed E-state index contributed by atoms with van der Waals surface area (Å²) in [5.41, 5.74) is 0.480. The van der Waals surface area contributed by atoms with E-state index in [-0.39, 0.29) is 28.6 Å². The van der Waals surface area contributed by atoms with Crippen molar-refractivity contribution in [1.29, 1.82) is 0 Å². The van der Waals surface area contributed by atoms with Crippen molar-refractivity contribution >= 4 is 5.78 Å². The fraction of sp³-hybridized carbons (Fsp3) is 0.364. The lowest BCUT2D eigenvalue weighted by molar-refractivity contribution is 0.101. The number of phenols is 2. The normalized spacial score (nSPS) is 10.1. The number of aromatic hydroxyl groups is 2. The largest absolute Gasteiger partial charge is 0.507 e. The summed E-state index contributed by atoms with van der Waals surface area (Å²) in [6.07, 6.45) is 0.446. The molecule has 4 heteroatoms. The number of carbonyl (C=O) groups is 1. The Labute approximate surface area is 88.1 Å². The Morgan fingerprint density at radius 2 is 2.07 bits per heavy atom. The third-order valence-corrected chi connectivity index (χ3v) is 2.27. The van der Waals surface area contributed by atoms with Crippen LogP contribution in [0.4, 0.5) is 0 Å². The number of rotatable bonds is 3. The molecule has 1 aromatic carbocycles. The Balaban J connectivity index is 3.53. The molecule has 0 saturated heterocycles. The molecule has 0 aromatic heterocycles. The molecule has 82 valence electrons. The minimum Gasteiger partial charge on any atom is -0.507 e. The minimum absolute atomic E-state index is 0.0585. The van der Waals surface area contributed by atoms with Crippen molar-refractivity contribution < 1.29 is 19.7 Å². The molecule has 0 saturated carbocycles. The number of ether oxygens (including phenoxy) is 1. The van der Waals surface area contributed by atoms with Gasteiger partial charge >= 0.3 is 0 Å². The van der Waals surface area contributed by atoms with Gasteiger partial charge in [0.1, 0.15) is 22.8 Å². The van der Waals surface area contributed by atoms with E-state index in [4.69, 9.17) is 4.74 Å². The highest BCUT2D eigenvalue weighted by molar-refractivity contribution is 6.00. The fourth-order valence-electron chi connectivity index (χ4n) is 1.52. The molecular weight excluding hydrogens is 196 g/mol. The first-order valence-electron chi connectivity index (χ1n) is 4.65. The second-order valence-corrected chi connectivity index (χ2v) is 3.21. The molecule has 4 nitrogen and oxygen atoms in total. The summed E-state index contributed by atoms with van der Waals surface area (Å²) in [4.78, 5) is 11.3. The van der Waals surface area contributed by atoms with Gasteiger partial charge in [-0.15, -0.1) is 0 Å². The molecule has 0 fully saturated rings. The predicted molar refractivity (Wildman–Crippen MR) is 55.7 cm³/mol. The number of benzene rings is 1. The molecule has 0 atom stereocenters. The highest BCUT2D eigenvalue weighted by Crippen LogP contribution is 2.38. The zero-order valence-electron chi connectivity index (χ0n) is 9.00. The second-order valence-electron chi connectivity index (χ2n) is 3.21. The van der Waals surface area contributed by atoms with E-state index in [1.165, 1.54) is 20.1 Å². The monoisotopic (exact) mass is 210 g/mol. The first-order chi connectivity index (χ1) is 7.02. The highest BCUT2D eigenvalue weighted by atomic mass is 16.5. The van der Waals surface area contributed by atoms with Crippen LogP contribution in [-0.2, 0) is 6.42 Å². The number of methoxy groups -OCH3 is 1. The van der Waals surface area contributed by atoms with E-state index in [9.17, 15) is 15.0 Å². The van der Waals surface area contributed by atoms with Gasteiger partial charge in [0.05, 0.1) is 7.11 Å². The fourth-order valence-corrected chi connectivity index (χ4v) is 1.52. The number of hydrogen-bond acceptors (Lipinski definition) is 4. The molecule has 0 heterocycles. The molecule has 1 aromatic rings. The summed E-state index contributed by atoms with van der Waals surface area (Å²) in [7, 11) is 1.38. The van der Waals surface area contributed by atoms with Gasteiger partial charge in [0.15, 0.2) is 5.78 Å². The smallest absolute Gasteiger partial charge is 0.167 e. The molecule has 0 aliphatic carbocycles. The van der Waals surface area contributed by atoms with Gasteiger partial charge in [-0.25, -0.2) is 0 Å². The van der Waals surface area contributed by atoms with Crippen LogP contribution in [0.5, 0.6) is 17.2 Å². The van der Waals surface area contributed by atoms with Crippen LogP contribution in [-0.4, -0.2) is 23.1 Å². The Morgan fingerprint density at radius 1 is 1.47 bits per heavy atom. The summed E-state index contributed by atoms with van der Waals surface area (Å²) < 4.78 is 4.93. The summed E-state index contributed by atoms with van der Waals surface area (Å²) in [6.45, 7) is 3.12. The quantitative estimate of drug-likeness (QED) is 0.747. The first kappa shape index (κ1) is 11.4. The summed E-state index contributed by atoms with van der Waals surface area (Å²) in [6, 6.07) is 1.34. The van der Waals surface area contributed by atoms with E-state index in [1.807, 2.05) is 0 Å². The average molecular weight is 210 g/mol. The van der Waals surface area contributed by atoms with Crippen molar-refractivity contribution in [3.8, 4) is 17.2 Å². The van der Waals surface area contributed by atoms with Crippen LogP contribution in [0.15, 0.2) is 6.07 Å². The molecule has 1 rings (SSSR count). The molecule has 0 amide bonds. The van der Waals surface area contributed by atoms with Crippen molar-refractivity contribution in [3.63, 3.8) is 0 Å². The molecule has 0 radical (unpaired) electrons. The lowest BCUT2D eigenvalue weighted by atomic mass is 10.0. The van der Waals surface area contributed by atoms with Gasteiger partial charge in [0, 0.05) is 11.6 Å². The lowest BCUT2D eigenvalue weighted by Gasteiger charge is -2.12. The Kier molecular flexibility index (Phi) is 3.19. The molecular formula is C11H14O4. The van der Waals surface area contributed by atoms with Crippen LogP contribution in [0.25, 0.3) is 0 Å². The number of hydrogen-bond donors (Lipinski definition) is 2. The van der Waals surface area contributed by atoms with Crippen LogP contribution in [0.2, 0.25) is 0 Å². The molecule has 15 heavy (non-hydrogen) atoms. The average Bonchev–Trinajstić information content (AvgIpc) is 2.16. The van der Waals surface area contributed by atoms with Crippen molar-refractivity contribution in [2.45, 2.75) is 20.3 Å². The van der Waals surface area contributed by atoms with Gasteiger partial charge in [-0.3, -0.25) is 4.79 Å². The molecule has 0 bridgehead atoms. The SMILES string of the molecule is CCc1c(O)cc(OC)c(C(C)=O)c1O. The molecule has 2 N–H and O–H groups in total. The Hall–Kier alpha value is -1.71. The van der Waals surface area contributed by atoms with Gasteiger partial charge in [-0.05, 0) is 13.3 Å². The van der Waals surface area contributed by atoms with E-state index in [2.05, 4.69) is 0 Å². The van der Waals surface area contributed by atoms with E-state index in [0.29, 0.717) is 12.0 Å². The van der Waals surface area contributed by atoms with E-state index in [0.717, 1.165) is 0 Å². The molecule has 0 unspecified atom stereocenters. The lowest BCUT2D eigenvalue weighted by Crippen LogP contribution is -2.00. The van der Waals surface area contributed by atoms with Crippen molar-refractivity contribution in [1.82, 2.24) is 0 Å². The van der Waals surface area contributed by atoms with Gasteiger partial charge < -0.3 is 14.9 Å². The number of carbonyl (C=O) groups excluding carboxylic acids is 1.